The maximum Gasteiger partial charge on any atom is 0.251 e. The number of hydrogen-bond acceptors (Lipinski definition) is 4. The summed E-state index contributed by atoms with van der Waals surface area (Å²) in [6.07, 6.45) is 1.21. The summed E-state index contributed by atoms with van der Waals surface area (Å²) in [6.45, 7) is 0.218. The Kier molecular flexibility index (Phi) is 3.75. The van der Waals surface area contributed by atoms with Gasteiger partial charge in [0.1, 0.15) is 0 Å². The maximum atomic E-state index is 11.7. The van der Waals surface area contributed by atoms with Crippen LogP contribution in [-0.2, 0) is 6.54 Å². The van der Waals surface area contributed by atoms with Gasteiger partial charge in [-0.25, -0.2) is 0 Å². The first-order chi connectivity index (χ1) is 8.16. The summed E-state index contributed by atoms with van der Waals surface area (Å²) in [5.74, 6) is 0.193. The third kappa shape index (κ3) is 3.04. The third-order valence-corrected chi connectivity index (χ3v) is 3.21. The number of rotatable bonds is 3. The summed E-state index contributed by atoms with van der Waals surface area (Å²) >= 11 is 9.09. The van der Waals surface area contributed by atoms with E-state index >= 15 is 0 Å². The zero-order valence-corrected chi connectivity index (χ0v) is 10.8. The fourth-order valence-electron chi connectivity index (χ4n) is 1.17. The first-order valence-corrected chi connectivity index (χ1v) is 5.82. The minimum atomic E-state index is -0.229. The van der Waals surface area contributed by atoms with E-state index in [2.05, 4.69) is 35.9 Å². The lowest BCUT2D eigenvalue weighted by molar-refractivity contribution is 0.0949. The monoisotopic (exact) mass is 315 g/mol. The summed E-state index contributed by atoms with van der Waals surface area (Å²) < 4.78 is 5.22. The SMILES string of the molecule is O=C(NCc1ncon1)c1ccc(Cl)c(Br)c1. The van der Waals surface area contributed by atoms with Crippen molar-refractivity contribution in [1.29, 1.82) is 0 Å². The van der Waals surface area contributed by atoms with Crippen LogP contribution in [0.3, 0.4) is 0 Å². The third-order valence-electron chi connectivity index (χ3n) is 2.00. The van der Waals surface area contributed by atoms with Crippen LogP contribution in [0.4, 0.5) is 0 Å². The first-order valence-electron chi connectivity index (χ1n) is 4.65. The Morgan fingerprint density at radius 3 is 3.00 bits per heavy atom. The van der Waals surface area contributed by atoms with Gasteiger partial charge in [0.05, 0.1) is 11.6 Å². The van der Waals surface area contributed by atoms with Gasteiger partial charge >= 0.3 is 0 Å². The number of hydrogen-bond donors (Lipinski definition) is 1. The molecule has 0 unspecified atom stereocenters. The van der Waals surface area contributed by atoms with Crippen molar-refractivity contribution in [2.45, 2.75) is 6.54 Å². The Hall–Kier alpha value is -1.40. The number of carbonyl (C=O) groups excluding carboxylic acids is 1. The molecule has 0 radical (unpaired) electrons. The molecule has 5 nitrogen and oxygen atoms in total. The Morgan fingerprint density at radius 1 is 1.53 bits per heavy atom. The normalized spacial score (nSPS) is 10.2. The van der Waals surface area contributed by atoms with Crippen molar-refractivity contribution in [2.75, 3.05) is 0 Å². The Morgan fingerprint density at radius 2 is 2.35 bits per heavy atom. The van der Waals surface area contributed by atoms with Gasteiger partial charge in [-0.05, 0) is 34.1 Å². The van der Waals surface area contributed by atoms with E-state index in [4.69, 9.17) is 11.6 Å². The van der Waals surface area contributed by atoms with Crippen LogP contribution < -0.4 is 5.32 Å². The minimum Gasteiger partial charge on any atom is -0.345 e. The Bertz CT molecular complexity index is 530. The van der Waals surface area contributed by atoms with Gasteiger partial charge < -0.3 is 9.84 Å². The molecule has 0 bridgehead atoms. The highest BCUT2D eigenvalue weighted by Gasteiger charge is 2.08. The minimum absolute atomic E-state index is 0.218. The maximum absolute atomic E-state index is 11.7. The van der Waals surface area contributed by atoms with Crippen molar-refractivity contribution < 1.29 is 9.32 Å². The number of benzene rings is 1. The van der Waals surface area contributed by atoms with Crippen molar-refractivity contribution in [2.24, 2.45) is 0 Å². The van der Waals surface area contributed by atoms with Gasteiger partial charge in [-0.3, -0.25) is 4.79 Å². The van der Waals surface area contributed by atoms with E-state index in [0.29, 0.717) is 20.9 Å². The number of aromatic nitrogens is 2. The molecule has 0 spiro atoms. The summed E-state index contributed by atoms with van der Waals surface area (Å²) in [6, 6.07) is 4.93. The molecule has 0 atom stereocenters. The second kappa shape index (κ2) is 5.29. The summed E-state index contributed by atoms with van der Waals surface area (Å²) in [5.41, 5.74) is 0.504. The molecule has 0 aliphatic rings. The highest BCUT2D eigenvalue weighted by atomic mass is 79.9. The zero-order chi connectivity index (χ0) is 12.3. The highest BCUT2D eigenvalue weighted by Crippen LogP contribution is 2.23. The van der Waals surface area contributed by atoms with Crippen LogP contribution in [0.5, 0.6) is 0 Å². The van der Waals surface area contributed by atoms with Crippen LogP contribution in [0, 0.1) is 0 Å². The molecule has 0 fully saturated rings. The average Bonchev–Trinajstić information content (AvgIpc) is 2.82. The van der Waals surface area contributed by atoms with E-state index in [1.807, 2.05) is 0 Å². The first kappa shape index (κ1) is 12.1. The highest BCUT2D eigenvalue weighted by molar-refractivity contribution is 9.10. The van der Waals surface area contributed by atoms with Crippen molar-refractivity contribution >= 4 is 33.4 Å². The lowest BCUT2D eigenvalue weighted by Crippen LogP contribution is -2.23. The van der Waals surface area contributed by atoms with Crippen LogP contribution in [-0.4, -0.2) is 16.0 Å². The van der Waals surface area contributed by atoms with Crippen molar-refractivity contribution in [1.82, 2.24) is 15.5 Å². The average molecular weight is 317 g/mol. The Balaban J connectivity index is 2.02. The second-order valence-electron chi connectivity index (χ2n) is 3.16. The number of carbonyl (C=O) groups is 1. The van der Waals surface area contributed by atoms with E-state index in [9.17, 15) is 4.79 Å². The number of nitrogens with one attached hydrogen (secondary N) is 1. The predicted octanol–water partition coefficient (Wildman–Crippen LogP) is 2.42. The molecule has 1 aromatic carbocycles. The van der Waals surface area contributed by atoms with E-state index in [1.54, 1.807) is 18.2 Å². The molecule has 1 N–H and O–H groups in total. The largest absolute Gasteiger partial charge is 0.345 e. The van der Waals surface area contributed by atoms with Gasteiger partial charge in [-0.15, -0.1) is 0 Å². The molecule has 0 saturated carbocycles. The fraction of sp³-hybridized carbons (Fsp3) is 0.100. The van der Waals surface area contributed by atoms with Crippen molar-refractivity contribution in [3.8, 4) is 0 Å². The second-order valence-corrected chi connectivity index (χ2v) is 4.42. The molecule has 0 aliphatic heterocycles. The van der Waals surface area contributed by atoms with Crippen LogP contribution in [0.15, 0.2) is 33.6 Å². The Labute approximate surface area is 110 Å². The number of halogens is 2. The molecular weight excluding hydrogens is 309 g/mol. The van der Waals surface area contributed by atoms with Crippen molar-refractivity contribution in [3.05, 3.63) is 45.5 Å². The number of nitrogens with zero attached hydrogens (tertiary/aromatic N) is 2. The van der Waals surface area contributed by atoms with E-state index in [1.165, 1.54) is 6.39 Å². The molecule has 0 saturated heterocycles. The lowest BCUT2D eigenvalue weighted by Gasteiger charge is -2.03. The molecular formula is C10H7BrClN3O2. The van der Waals surface area contributed by atoms with E-state index in [-0.39, 0.29) is 12.5 Å². The molecule has 1 heterocycles. The predicted molar refractivity (Wildman–Crippen MR) is 64.6 cm³/mol. The molecule has 0 aliphatic carbocycles. The van der Waals surface area contributed by atoms with E-state index < -0.39 is 0 Å². The van der Waals surface area contributed by atoms with Crippen LogP contribution >= 0.6 is 27.5 Å². The van der Waals surface area contributed by atoms with Gasteiger partial charge in [0.25, 0.3) is 5.91 Å². The standard InChI is InChI=1S/C10H7BrClN3O2/c11-7-3-6(1-2-8(7)12)10(16)13-4-9-14-5-17-15-9/h1-3,5H,4H2,(H,13,16). The molecule has 88 valence electrons. The molecule has 17 heavy (non-hydrogen) atoms. The summed E-state index contributed by atoms with van der Waals surface area (Å²) in [7, 11) is 0. The van der Waals surface area contributed by atoms with Crippen LogP contribution in [0.2, 0.25) is 5.02 Å². The molecule has 2 aromatic rings. The van der Waals surface area contributed by atoms with Crippen molar-refractivity contribution in [3.63, 3.8) is 0 Å². The molecule has 1 amide bonds. The van der Waals surface area contributed by atoms with Gasteiger partial charge in [0, 0.05) is 10.0 Å². The van der Waals surface area contributed by atoms with E-state index in [0.717, 1.165) is 0 Å². The zero-order valence-electron chi connectivity index (χ0n) is 8.48. The summed E-state index contributed by atoms with van der Waals surface area (Å²) in [5, 5.41) is 6.80. The van der Waals surface area contributed by atoms with Gasteiger partial charge in [-0.1, -0.05) is 16.8 Å². The van der Waals surface area contributed by atoms with Crippen LogP contribution in [0.1, 0.15) is 16.2 Å². The topological polar surface area (TPSA) is 68.0 Å². The number of amides is 1. The molecule has 1 aromatic heterocycles. The van der Waals surface area contributed by atoms with Gasteiger partial charge in [-0.2, -0.15) is 4.98 Å². The summed E-state index contributed by atoms with van der Waals surface area (Å²) in [4.78, 5) is 15.5. The van der Waals surface area contributed by atoms with Gasteiger partial charge in [0.2, 0.25) is 6.39 Å². The van der Waals surface area contributed by atoms with Crippen LogP contribution in [0.25, 0.3) is 0 Å². The fourth-order valence-corrected chi connectivity index (χ4v) is 1.67. The molecule has 7 heteroatoms. The quantitative estimate of drug-likeness (QED) is 0.944. The van der Waals surface area contributed by atoms with Gasteiger partial charge in [0.15, 0.2) is 5.82 Å². The molecule has 2 rings (SSSR count). The lowest BCUT2D eigenvalue weighted by atomic mass is 10.2. The smallest absolute Gasteiger partial charge is 0.251 e.